The van der Waals surface area contributed by atoms with Crippen molar-refractivity contribution in [2.45, 2.75) is 38.9 Å². The summed E-state index contributed by atoms with van der Waals surface area (Å²) in [5.41, 5.74) is -0.232. The Hall–Kier alpha value is -2.96. The number of nitrogens with one attached hydrogen (secondary N) is 5. The largest absolute Gasteiger partial charge is 0.365 e. The fourth-order valence-electron chi connectivity index (χ4n) is 1.91. The fraction of sp³-hybridized carbons (Fsp3) is 0.625. The SMILES string of the molecule is BC(=O)COCC(=O)NC(C)C(=O)NC(C)C(=O)NC(C)C(=O)NCCNC=O. The third kappa shape index (κ3) is 12.2. The molecule has 0 aliphatic heterocycles. The summed E-state index contributed by atoms with van der Waals surface area (Å²) in [6, 6.07) is -2.75. The van der Waals surface area contributed by atoms with Gasteiger partial charge < -0.3 is 36.1 Å². The van der Waals surface area contributed by atoms with Crippen molar-refractivity contribution < 1.29 is 33.5 Å². The standard InChI is InChI=1S/C16H28BN5O7/c1-9(14(26)19-5-4-18-8-23)21-16(28)11(3)22-15(27)10(2)20-13(25)7-29-6-12(17)24/h8-11H,4-7,17H2,1-3H3,(H,18,23)(H,19,26)(H,20,25)(H,21,28)(H,22,27). The van der Waals surface area contributed by atoms with Crippen molar-refractivity contribution in [3.63, 3.8) is 0 Å². The summed E-state index contributed by atoms with van der Waals surface area (Å²) in [7, 11) is 1.32. The van der Waals surface area contributed by atoms with E-state index >= 15 is 0 Å². The van der Waals surface area contributed by atoms with Crippen LogP contribution in [0, 0.1) is 0 Å². The first kappa shape index (κ1) is 26.0. The normalized spacial score (nSPS) is 13.2. The molecule has 13 heteroatoms. The zero-order valence-electron chi connectivity index (χ0n) is 17.0. The summed E-state index contributed by atoms with van der Waals surface area (Å²) in [5, 5.41) is 12.2. The molecule has 0 saturated carbocycles. The highest BCUT2D eigenvalue weighted by atomic mass is 16.5. The Morgan fingerprint density at radius 2 is 1.34 bits per heavy atom. The molecule has 162 valence electrons. The van der Waals surface area contributed by atoms with Gasteiger partial charge in [-0.05, 0) is 20.8 Å². The Labute approximate surface area is 169 Å². The van der Waals surface area contributed by atoms with E-state index in [-0.39, 0.29) is 32.0 Å². The van der Waals surface area contributed by atoms with Crippen LogP contribution < -0.4 is 26.6 Å². The van der Waals surface area contributed by atoms with E-state index in [0.717, 1.165) is 0 Å². The Balaban J connectivity index is 4.31. The maximum Gasteiger partial charge on any atom is 0.246 e. The van der Waals surface area contributed by atoms with Crippen molar-refractivity contribution in [1.29, 1.82) is 0 Å². The van der Waals surface area contributed by atoms with Gasteiger partial charge in [0.05, 0.1) is 6.61 Å². The molecule has 0 heterocycles. The van der Waals surface area contributed by atoms with E-state index in [9.17, 15) is 28.8 Å². The minimum atomic E-state index is -0.956. The predicted molar refractivity (Wildman–Crippen MR) is 104 cm³/mol. The van der Waals surface area contributed by atoms with Crippen LogP contribution in [0.15, 0.2) is 0 Å². The monoisotopic (exact) mass is 413 g/mol. The molecule has 3 atom stereocenters. The van der Waals surface area contributed by atoms with E-state index in [2.05, 4.69) is 26.6 Å². The Bertz CT molecular complexity index is 616. The molecule has 0 aromatic heterocycles. The van der Waals surface area contributed by atoms with E-state index in [1.807, 2.05) is 0 Å². The third-order valence-corrected chi connectivity index (χ3v) is 3.47. The maximum absolute atomic E-state index is 12.1. The van der Waals surface area contributed by atoms with Gasteiger partial charge >= 0.3 is 0 Å². The molecule has 0 fully saturated rings. The van der Waals surface area contributed by atoms with E-state index in [4.69, 9.17) is 4.74 Å². The first-order chi connectivity index (χ1) is 13.6. The average molecular weight is 413 g/mol. The molecule has 5 amide bonds. The van der Waals surface area contributed by atoms with Crippen molar-refractivity contribution in [3.8, 4) is 0 Å². The number of amides is 5. The van der Waals surface area contributed by atoms with Gasteiger partial charge in [-0.25, -0.2) is 0 Å². The second kappa shape index (κ2) is 14.1. The molecule has 0 bridgehead atoms. The van der Waals surface area contributed by atoms with Crippen molar-refractivity contribution in [2.24, 2.45) is 0 Å². The van der Waals surface area contributed by atoms with E-state index < -0.39 is 41.8 Å². The quantitative estimate of drug-likeness (QED) is 0.109. The van der Waals surface area contributed by atoms with Crippen molar-refractivity contribution in [2.75, 3.05) is 26.3 Å². The van der Waals surface area contributed by atoms with Crippen LogP contribution in [0.5, 0.6) is 0 Å². The number of carbonyl (C=O) groups is 6. The summed E-state index contributed by atoms with van der Waals surface area (Å²) in [5.74, 6) is -2.23. The summed E-state index contributed by atoms with van der Waals surface area (Å²) in [4.78, 5) is 68.5. The molecular formula is C16H28BN5O7. The predicted octanol–water partition coefficient (Wildman–Crippen LogP) is -4.46. The van der Waals surface area contributed by atoms with Crippen LogP contribution in [0.3, 0.4) is 0 Å². The molecular weight excluding hydrogens is 385 g/mol. The zero-order chi connectivity index (χ0) is 22.4. The lowest BCUT2D eigenvalue weighted by Crippen LogP contribution is -2.55. The van der Waals surface area contributed by atoms with Crippen LogP contribution in [0.4, 0.5) is 0 Å². The smallest absolute Gasteiger partial charge is 0.246 e. The van der Waals surface area contributed by atoms with Crippen LogP contribution in [-0.4, -0.2) is 88.0 Å². The van der Waals surface area contributed by atoms with Crippen LogP contribution in [-0.2, 0) is 33.5 Å². The zero-order valence-corrected chi connectivity index (χ0v) is 17.0. The Morgan fingerprint density at radius 1 is 0.828 bits per heavy atom. The van der Waals surface area contributed by atoms with Crippen molar-refractivity contribution in [3.05, 3.63) is 0 Å². The van der Waals surface area contributed by atoms with E-state index in [1.54, 1.807) is 0 Å². The topological polar surface area (TPSA) is 172 Å². The molecule has 0 aliphatic carbocycles. The molecule has 0 aromatic carbocycles. The minimum absolute atomic E-state index is 0.204. The second-order valence-corrected chi connectivity index (χ2v) is 6.31. The van der Waals surface area contributed by atoms with Gasteiger partial charge in [0.2, 0.25) is 30.0 Å². The lowest BCUT2D eigenvalue weighted by Gasteiger charge is -2.20. The van der Waals surface area contributed by atoms with Crippen molar-refractivity contribution in [1.82, 2.24) is 26.6 Å². The van der Waals surface area contributed by atoms with E-state index in [0.29, 0.717) is 6.41 Å². The number of ether oxygens (including phenoxy) is 1. The van der Waals surface area contributed by atoms with Gasteiger partial charge in [-0.1, -0.05) is 0 Å². The van der Waals surface area contributed by atoms with Crippen LogP contribution in [0.2, 0.25) is 0 Å². The fourth-order valence-corrected chi connectivity index (χ4v) is 1.91. The number of carbonyl (C=O) groups excluding carboxylic acids is 6. The van der Waals surface area contributed by atoms with Gasteiger partial charge in [0.15, 0.2) is 7.85 Å². The Kier molecular flexibility index (Phi) is 12.7. The highest BCUT2D eigenvalue weighted by Crippen LogP contribution is 1.91. The van der Waals surface area contributed by atoms with Crippen LogP contribution in [0.1, 0.15) is 20.8 Å². The maximum atomic E-state index is 12.1. The van der Waals surface area contributed by atoms with Gasteiger partial charge in [0, 0.05) is 13.1 Å². The molecule has 29 heavy (non-hydrogen) atoms. The van der Waals surface area contributed by atoms with E-state index in [1.165, 1.54) is 28.6 Å². The minimum Gasteiger partial charge on any atom is -0.365 e. The first-order valence-electron chi connectivity index (χ1n) is 9.00. The number of hydrogen-bond donors (Lipinski definition) is 5. The number of hydrogen-bond acceptors (Lipinski definition) is 7. The third-order valence-electron chi connectivity index (χ3n) is 3.47. The summed E-state index contributed by atoms with van der Waals surface area (Å²) in [6.45, 7) is 4.21. The molecule has 0 aromatic rings. The van der Waals surface area contributed by atoms with Gasteiger partial charge in [-0.3, -0.25) is 24.0 Å². The summed E-state index contributed by atoms with van der Waals surface area (Å²) >= 11 is 0. The highest BCUT2D eigenvalue weighted by molar-refractivity contribution is 6.58. The molecule has 0 saturated heterocycles. The molecule has 3 unspecified atom stereocenters. The average Bonchev–Trinajstić information content (AvgIpc) is 2.64. The first-order valence-corrected chi connectivity index (χ1v) is 9.00. The lowest BCUT2D eigenvalue weighted by atomic mass is 10.1. The summed E-state index contributed by atoms with van der Waals surface area (Å²) < 4.78 is 4.85. The molecule has 0 rings (SSSR count). The molecule has 12 nitrogen and oxygen atoms in total. The highest BCUT2D eigenvalue weighted by Gasteiger charge is 2.23. The molecule has 0 aliphatic rings. The van der Waals surface area contributed by atoms with Gasteiger partial charge in [0.25, 0.3) is 0 Å². The van der Waals surface area contributed by atoms with Crippen LogP contribution in [0.25, 0.3) is 0 Å². The molecule has 5 N–H and O–H groups in total. The lowest BCUT2D eigenvalue weighted by molar-refractivity contribution is -0.134. The summed E-state index contributed by atoms with van der Waals surface area (Å²) in [6.07, 6.45) is 0.504. The second-order valence-electron chi connectivity index (χ2n) is 6.31. The van der Waals surface area contributed by atoms with Crippen LogP contribution >= 0.6 is 0 Å². The van der Waals surface area contributed by atoms with Gasteiger partial charge in [0.1, 0.15) is 30.4 Å². The molecule has 0 radical (unpaired) electrons. The van der Waals surface area contributed by atoms with Gasteiger partial charge in [-0.2, -0.15) is 0 Å². The van der Waals surface area contributed by atoms with Gasteiger partial charge in [-0.15, -0.1) is 0 Å². The van der Waals surface area contributed by atoms with Crippen molar-refractivity contribution >= 4 is 43.6 Å². The number of rotatable bonds is 14. The molecule has 0 spiro atoms. The Morgan fingerprint density at radius 3 is 1.86 bits per heavy atom.